The van der Waals surface area contributed by atoms with Gasteiger partial charge in [-0.15, -0.1) is 0 Å². The first-order chi connectivity index (χ1) is 10.3. The van der Waals surface area contributed by atoms with Gasteiger partial charge in [0.2, 0.25) is 0 Å². The second-order valence-electron chi connectivity index (χ2n) is 6.59. The number of ether oxygens (including phenoxy) is 1. The molecular formula is C19H24FNO. The molecule has 118 valence electrons. The van der Waals surface area contributed by atoms with Crippen LogP contribution in [0.5, 0.6) is 5.75 Å². The molecule has 0 bridgehead atoms. The Bertz CT molecular complexity index is 584. The lowest BCUT2D eigenvalue weighted by Gasteiger charge is -2.20. The van der Waals surface area contributed by atoms with Crippen LogP contribution in [-0.4, -0.2) is 12.6 Å². The second-order valence-corrected chi connectivity index (χ2v) is 6.59. The molecule has 0 saturated carbocycles. The number of hydrogen-bond acceptors (Lipinski definition) is 2. The van der Waals surface area contributed by atoms with Crippen molar-refractivity contribution in [2.45, 2.75) is 39.2 Å². The van der Waals surface area contributed by atoms with E-state index >= 15 is 0 Å². The molecule has 2 rings (SSSR count). The Morgan fingerprint density at radius 3 is 2.14 bits per heavy atom. The third-order valence-electron chi connectivity index (χ3n) is 3.50. The normalized spacial score (nSPS) is 12.8. The third kappa shape index (κ3) is 4.76. The van der Waals surface area contributed by atoms with Crippen molar-refractivity contribution >= 4 is 5.69 Å². The lowest BCUT2D eigenvalue weighted by Crippen LogP contribution is -2.22. The summed E-state index contributed by atoms with van der Waals surface area (Å²) in [6, 6.07) is 14.6. The van der Waals surface area contributed by atoms with E-state index in [1.165, 1.54) is 17.7 Å². The molecule has 0 saturated heterocycles. The molecule has 1 N–H and O–H groups in total. The van der Waals surface area contributed by atoms with Crippen LogP contribution >= 0.6 is 0 Å². The van der Waals surface area contributed by atoms with Crippen LogP contribution in [0.25, 0.3) is 0 Å². The molecule has 0 radical (unpaired) electrons. The van der Waals surface area contributed by atoms with Crippen LogP contribution in [0.3, 0.4) is 0 Å². The van der Waals surface area contributed by atoms with E-state index in [1.807, 2.05) is 19.1 Å². The van der Waals surface area contributed by atoms with Gasteiger partial charge in [-0.1, -0.05) is 32.9 Å². The average Bonchev–Trinajstić information content (AvgIpc) is 2.46. The fourth-order valence-electron chi connectivity index (χ4n) is 2.14. The molecule has 0 amide bonds. The van der Waals surface area contributed by atoms with Gasteiger partial charge in [0, 0.05) is 5.69 Å². The Kier molecular flexibility index (Phi) is 5.07. The highest BCUT2D eigenvalue weighted by Gasteiger charge is 2.13. The summed E-state index contributed by atoms with van der Waals surface area (Å²) in [5.74, 6) is 0.634. The minimum atomic E-state index is -0.228. The highest BCUT2D eigenvalue weighted by molar-refractivity contribution is 5.42. The number of halogens is 1. The van der Waals surface area contributed by atoms with Crippen molar-refractivity contribution in [2.24, 2.45) is 0 Å². The summed E-state index contributed by atoms with van der Waals surface area (Å²) < 4.78 is 18.7. The van der Waals surface area contributed by atoms with E-state index in [1.54, 1.807) is 12.1 Å². The zero-order valence-electron chi connectivity index (χ0n) is 13.7. The van der Waals surface area contributed by atoms with Crippen LogP contribution in [0.2, 0.25) is 0 Å². The van der Waals surface area contributed by atoms with Crippen LogP contribution in [0, 0.1) is 5.82 Å². The first kappa shape index (κ1) is 16.3. The van der Waals surface area contributed by atoms with Crippen LogP contribution in [0.4, 0.5) is 10.1 Å². The topological polar surface area (TPSA) is 21.3 Å². The fourth-order valence-corrected chi connectivity index (χ4v) is 2.14. The summed E-state index contributed by atoms with van der Waals surface area (Å²) in [6.45, 7) is 9.25. The molecule has 2 aromatic rings. The zero-order chi connectivity index (χ0) is 16.2. The molecule has 0 aromatic heterocycles. The van der Waals surface area contributed by atoms with Gasteiger partial charge in [0.05, 0.1) is 6.54 Å². The maximum absolute atomic E-state index is 12.8. The molecule has 0 heterocycles. The molecule has 1 atom stereocenters. The predicted molar refractivity (Wildman–Crippen MR) is 90.1 cm³/mol. The fraction of sp³-hybridized carbons (Fsp3) is 0.368. The minimum Gasteiger partial charge on any atom is -0.489 e. The van der Waals surface area contributed by atoms with Crippen LogP contribution < -0.4 is 10.1 Å². The Balaban J connectivity index is 1.86. The van der Waals surface area contributed by atoms with Crippen molar-refractivity contribution in [1.82, 2.24) is 0 Å². The van der Waals surface area contributed by atoms with E-state index < -0.39 is 0 Å². The van der Waals surface area contributed by atoms with E-state index in [4.69, 9.17) is 4.74 Å². The van der Waals surface area contributed by atoms with Gasteiger partial charge in [-0.05, 0) is 54.3 Å². The second kappa shape index (κ2) is 6.82. The summed E-state index contributed by atoms with van der Waals surface area (Å²) in [4.78, 5) is 0. The summed E-state index contributed by atoms with van der Waals surface area (Å²) in [5, 5.41) is 3.24. The van der Waals surface area contributed by atoms with Crippen LogP contribution in [0.15, 0.2) is 48.5 Å². The van der Waals surface area contributed by atoms with E-state index in [2.05, 4.69) is 38.2 Å². The number of hydrogen-bond donors (Lipinski definition) is 1. The van der Waals surface area contributed by atoms with E-state index in [-0.39, 0.29) is 17.3 Å². The van der Waals surface area contributed by atoms with Crippen molar-refractivity contribution in [3.8, 4) is 5.75 Å². The van der Waals surface area contributed by atoms with E-state index in [9.17, 15) is 4.39 Å². The maximum Gasteiger partial charge on any atom is 0.123 e. The lowest BCUT2D eigenvalue weighted by molar-refractivity contribution is 0.234. The van der Waals surface area contributed by atoms with Crippen molar-refractivity contribution in [3.63, 3.8) is 0 Å². The van der Waals surface area contributed by atoms with Crippen molar-refractivity contribution in [1.29, 1.82) is 0 Å². The monoisotopic (exact) mass is 301 g/mol. The SMILES string of the molecule is CC(CNc1ccc(F)cc1)Oc1ccc(C(C)(C)C)cc1. The molecular weight excluding hydrogens is 277 g/mol. The number of rotatable bonds is 5. The molecule has 1 unspecified atom stereocenters. The molecule has 0 spiro atoms. The molecule has 3 heteroatoms. The Morgan fingerprint density at radius 1 is 1.00 bits per heavy atom. The first-order valence-electron chi connectivity index (χ1n) is 7.61. The Hall–Kier alpha value is -2.03. The third-order valence-corrected chi connectivity index (χ3v) is 3.50. The highest BCUT2D eigenvalue weighted by Crippen LogP contribution is 2.24. The molecule has 0 aliphatic rings. The van der Waals surface area contributed by atoms with Gasteiger partial charge >= 0.3 is 0 Å². The summed E-state index contributed by atoms with van der Waals surface area (Å²) in [5.41, 5.74) is 2.32. The molecule has 0 aliphatic carbocycles. The number of anilines is 1. The summed E-state index contributed by atoms with van der Waals surface area (Å²) >= 11 is 0. The predicted octanol–water partition coefficient (Wildman–Crippen LogP) is 5.00. The summed E-state index contributed by atoms with van der Waals surface area (Å²) in [6.07, 6.45) is 0.0190. The van der Waals surface area contributed by atoms with Crippen LogP contribution in [0.1, 0.15) is 33.3 Å². The van der Waals surface area contributed by atoms with Gasteiger partial charge in [0.1, 0.15) is 17.7 Å². The van der Waals surface area contributed by atoms with E-state index in [0.29, 0.717) is 6.54 Å². The largest absolute Gasteiger partial charge is 0.489 e. The highest BCUT2D eigenvalue weighted by atomic mass is 19.1. The van der Waals surface area contributed by atoms with Crippen molar-refractivity contribution in [3.05, 3.63) is 59.9 Å². The van der Waals surface area contributed by atoms with Crippen molar-refractivity contribution in [2.75, 3.05) is 11.9 Å². The molecule has 0 aliphatic heterocycles. The standard InChI is InChI=1S/C19H24FNO/c1-14(13-21-17-9-7-16(20)8-10-17)22-18-11-5-15(6-12-18)19(2,3)4/h5-12,14,21H,13H2,1-4H3. The smallest absolute Gasteiger partial charge is 0.123 e. The van der Waals surface area contributed by atoms with Gasteiger partial charge in [-0.2, -0.15) is 0 Å². The van der Waals surface area contributed by atoms with Gasteiger partial charge in [0.25, 0.3) is 0 Å². The molecule has 0 fully saturated rings. The minimum absolute atomic E-state index is 0.0190. The first-order valence-corrected chi connectivity index (χ1v) is 7.61. The molecule has 2 aromatic carbocycles. The maximum atomic E-state index is 12.8. The molecule has 2 nitrogen and oxygen atoms in total. The lowest BCUT2D eigenvalue weighted by atomic mass is 9.87. The van der Waals surface area contributed by atoms with Gasteiger partial charge in [-0.25, -0.2) is 4.39 Å². The van der Waals surface area contributed by atoms with Gasteiger partial charge < -0.3 is 10.1 Å². The molecule has 22 heavy (non-hydrogen) atoms. The van der Waals surface area contributed by atoms with E-state index in [0.717, 1.165) is 11.4 Å². The summed E-state index contributed by atoms with van der Waals surface area (Å²) in [7, 11) is 0. The van der Waals surface area contributed by atoms with Crippen LogP contribution in [-0.2, 0) is 5.41 Å². The number of benzene rings is 2. The Labute approximate surface area is 132 Å². The zero-order valence-corrected chi connectivity index (χ0v) is 13.7. The average molecular weight is 301 g/mol. The quantitative estimate of drug-likeness (QED) is 0.839. The Morgan fingerprint density at radius 2 is 1.59 bits per heavy atom. The number of nitrogens with one attached hydrogen (secondary N) is 1. The van der Waals surface area contributed by atoms with Gasteiger partial charge in [0.15, 0.2) is 0 Å². The van der Waals surface area contributed by atoms with Crippen molar-refractivity contribution < 1.29 is 9.13 Å². The van der Waals surface area contributed by atoms with Gasteiger partial charge in [-0.3, -0.25) is 0 Å².